The van der Waals surface area contributed by atoms with E-state index in [-0.39, 0.29) is 0 Å². The van der Waals surface area contributed by atoms with Gasteiger partial charge in [0.15, 0.2) is 5.96 Å². The Bertz CT molecular complexity index is 269. The molecule has 1 saturated carbocycles. The summed E-state index contributed by atoms with van der Waals surface area (Å²) in [7, 11) is 4.30. The average Bonchev–Trinajstić information content (AvgIpc) is 2.82. The second kappa shape index (κ2) is 5.71. The molecule has 17 heavy (non-hydrogen) atoms. The van der Waals surface area contributed by atoms with Gasteiger partial charge < -0.3 is 15.5 Å². The number of nitrogens with two attached hydrogens (primary N) is 1. The van der Waals surface area contributed by atoms with Crippen molar-refractivity contribution in [2.75, 3.05) is 27.2 Å². The topological polar surface area (TPSA) is 44.9 Å². The molecule has 1 atom stereocenters. The van der Waals surface area contributed by atoms with E-state index in [9.17, 15) is 0 Å². The van der Waals surface area contributed by atoms with Crippen LogP contribution in [0.2, 0.25) is 0 Å². The lowest BCUT2D eigenvalue weighted by Crippen LogP contribution is -2.50. The lowest BCUT2D eigenvalue weighted by molar-refractivity contribution is 0.182. The molecular weight excluding hydrogens is 212 g/mol. The quantitative estimate of drug-likeness (QED) is 0.582. The van der Waals surface area contributed by atoms with Crippen LogP contribution >= 0.6 is 0 Å². The van der Waals surface area contributed by atoms with Crippen molar-refractivity contribution in [3.8, 4) is 0 Å². The summed E-state index contributed by atoms with van der Waals surface area (Å²) >= 11 is 0. The van der Waals surface area contributed by atoms with Crippen molar-refractivity contribution >= 4 is 5.96 Å². The number of likely N-dealkylation sites (N-methyl/N-ethyl adjacent to an activating group) is 1. The minimum atomic E-state index is 0.495. The van der Waals surface area contributed by atoms with Gasteiger partial charge in [-0.2, -0.15) is 0 Å². The third kappa shape index (κ3) is 3.35. The summed E-state index contributed by atoms with van der Waals surface area (Å²) < 4.78 is 0. The zero-order chi connectivity index (χ0) is 12.3. The van der Waals surface area contributed by atoms with Crippen molar-refractivity contribution in [3.63, 3.8) is 0 Å². The largest absolute Gasteiger partial charge is 0.370 e. The van der Waals surface area contributed by atoms with E-state index in [0.717, 1.165) is 19.0 Å². The highest BCUT2D eigenvalue weighted by Gasteiger charge is 2.23. The number of piperidine rings is 1. The van der Waals surface area contributed by atoms with Gasteiger partial charge in [-0.25, -0.2) is 4.99 Å². The molecule has 4 heteroatoms. The van der Waals surface area contributed by atoms with Crippen LogP contribution in [0.25, 0.3) is 0 Å². The first kappa shape index (κ1) is 12.7. The molecule has 0 amide bonds. The van der Waals surface area contributed by atoms with E-state index in [1.807, 2.05) is 0 Å². The number of likely N-dealkylation sites (tertiary alicyclic amines) is 1. The SMILES string of the molecule is CN(C)C1CCCN(C(N)=NC2CCCC2)C1. The lowest BCUT2D eigenvalue weighted by atomic mass is 10.1. The van der Waals surface area contributed by atoms with Crippen LogP contribution in [-0.2, 0) is 0 Å². The summed E-state index contributed by atoms with van der Waals surface area (Å²) in [6, 6.07) is 1.12. The Kier molecular flexibility index (Phi) is 4.26. The standard InChI is InChI=1S/C13H26N4/c1-16(2)12-8-5-9-17(10-12)13(14)15-11-6-3-4-7-11/h11-12H,3-10H2,1-2H3,(H2,14,15). The van der Waals surface area contributed by atoms with Crippen molar-refractivity contribution in [3.05, 3.63) is 0 Å². The predicted molar refractivity (Wildman–Crippen MR) is 72.2 cm³/mol. The fourth-order valence-electron chi connectivity index (χ4n) is 2.89. The van der Waals surface area contributed by atoms with Gasteiger partial charge in [-0.1, -0.05) is 12.8 Å². The second-order valence-corrected chi connectivity index (χ2v) is 5.63. The smallest absolute Gasteiger partial charge is 0.191 e. The molecule has 1 saturated heterocycles. The summed E-state index contributed by atoms with van der Waals surface area (Å²) in [6.07, 6.45) is 7.60. The van der Waals surface area contributed by atoms with Gasteiger partial charge in [0.2, 0.25) is 0 Å². The van der Waals surface area contributed by atoms with E-state index >= 15 is 0 Å². The van der Waals surface area contributed by atoms with Gasteiger partial charge in [0.25, 0.3) is 0 Å². The molecule has 2 aliphatic rings. The molecule has 0 bridgehead atoms. The fourth-order valence-corrected chi connectivity index (χ4v) is 2.89. The van der Waals surface area contributed by atoms with Gasteiger partial charge in [-0.3, -0.25) is 0 Å². The summed E-state index contributed by atoms with van der Waals surface area (Å²) in [5, 5.41) is 0. The van der Waals surface area contributed by atoms with E-state index < -0.39 is 0 Å². The highest BCUT2D eigenvalue weighted by Crippen LogP contribution is 2.21. The summed E-state index contributed by atoms with van der Waals surface area (Å²) in [5.74, 6) is 0.781. The first-order valence-electron chi connectivity index (χ1n) is 6.91. The number of rotatable bonds is 2. The van der Waals surface area contributed by atoms with Gasteiger partial charge in [-0.15, -0.1) is 0 Å². The van der Waals surface area contributed by atoms with Crippen LogP contribution < -0.4 is 5.73 Å². The molecule has 0 aromatic heterocycles. The van der Waals surface area contributed by atoms with Crippen LogP contribution in [0.3, 0.4) is 0 Å². The Labute approximate surface area is 105 Å². The number of hydrogen-bond acceptors (Lipinski definition) is 2. The number of hydrogen-bond donors (Lipinski definition) is 1. The molecule has 0 spiro atoms. The number of nitrogens with zero attached hydrogens (tertiary/aromatic N) is 3. The minimum absolute atomic E-state index is 0.495. The maximum absolute atomic E-state index is 6.15. The third-order valence-corrected chi connectivity index (χ3v) is 4.09. The first-order chi connectivity index (χ1) is 8.16. The molecule has 2 N–H and O–H groups in total. The van der Waals surface area contributed by atoms with Crippen molar-refractivity contribution < 1.29 is 0 Å². The zero-order valence-corrected chi connectivity index (χ0v) is 11.2. The zero-order valence-electron chi connectivity index (χ0n) is 11.2. The van der Waals surface area contributed by atoms with E-state index in [0.29, 0.717) is 12.1 Å². The van der Waals surface area contributed by atoms with Crippen LogP contribution in [0.1, 0.15) is 38.5 Å². The van der Waals surface area contributed by atoms with Crippen LogP contribution in [0.15, 0.2) is 4.99 Å². The van der Waals surface area contributed by atoms with Crippen LogP contribution in [0.4, 0.5) is 0 Å². The third-order valence-electron chi connectivity index (χ3n) is 4.09. The molecule has 1 aliphatic carbocycles. The van der Waals surface area contributed by atoms with Crippen molar-refractivity contribution in [1.29, 1.82) is 0 Å². The molecular formula is C13H26N4. The fraction of sp³-hybridized carbons (Fsp3) is 0.923. The molecule has 2 fully saturated rings. The molecule has 2 rings (SSSR count). The van der Waals surface area contributed by atoms with E-state index in [1.54, 1.807) is 0 Å². The molecule has 0 radical (unpaired) electrons. The van der Waals surface area contributed by atoms with Gasteiger partial charge in [-0.05, 0) is 39.8 Å². The average molecular weight is 238 g/mol. The Hall–Kier alpha value is -0.770. The van der Waals surface area contributed by atoms with E-state index in [2.05, 4.69) is 23.9 Å². The highest BCUT2D eigenvalue weighted by molar-refractivity contribution is 5.78. The Balaban J connectivity index is 1.91. The van der Waals surface area contributed by atoms with E-state index in [4.69, 9.17) is 10.7 Å². The van der Waals surface area contributed by atoms with Crippen LogP contribution in [0, 0.1) is 0 Å². The number of aliphatic imine (C=N–C) groups is 1. The Morgan fingerprint density at radius 1 is 1.18 bits per heavy atom. The normalized spacial score (nSPS) is 28.1. The van der Waals surface area contributed by atoms with Crippen molar-refractivity contribution in [2.24, 2.45) is 10.7 Å². The summed E-state index contributed by atoms with van der Waals surface area (Å²) in [5.41, 5.74) is 6.15. The van der Waals surface area contributed by atoms with Gasteiger partial charge in [0, 0.05) is 19.1 Å². The summed E-state index contributed by atoms with van der Waals surface area (Å²) in [4.78, 5) is 9.27. The Morgan fingerprint density at radius 3 is 2.53 bits per heavy atom. The lowest BCUT2D eigenvalue weighted by Gasteiger charge is -2.36. The molecule has 1 aliphatic heterocycles. The van der Waals surface area contributed by atoms with Crippen LogP contribution in [0.5, 0.6) is 0 Å². The summed E-state index contributed by atoms with van der Waals surface area (Å²) in [6.45, 7) is 2.11. The predicted octanol–water partition coefficient (Wildman–Crippen LogP) is 1.27. The molecule has 0 aromatic rings. The molecule has 1 unspecified atom stereocenters. The van der Waals surface area contributed by atoms with Gasteiger partial charge in [0.05, 0.1) is 6.04 Å². The second-order valence-electron chi connectivity index (χ2n) is 5.63. The van der Waals surface area contributed by atoms with Crippen molar-refractivity contribution in [1.82, 2.24) is 9.80 Å². The van der Waals surface area contributed by atoms with E-state index in [1.165, 1.54) is 38.5 Å². The Morgan fingerprint density at radius 2 is 1.88 bits per heavy atom. The van der Waals surface area contributed by atoms with Crippen LogP contribution in [-0.4, -0.2) is 55.0 Å². The molecule has 1 heterocycles. The monoisotopic (exact) mass is 238 g/mol. The number of guanidine groups is 1. The van der Waals surface area contributed by atoms with Gasteiger partial charge in [0.1, 0.15) is 0 Å². The highest BCUT2D eigenvalue weighted by atomic mass is 15.3. The maximum Gasteiger partial charge on any atom is 0.191 e. The first-order valence-corrected chi connectivity index (χ1v) is 6.91. The molecule has 0 aromatic carbocycles. The van der Waals surface area contributed by atoms with Crippen molar-refractivity contribution in [2.45, 2.75) is 50.6 Å². The molecule has 4 nitrogen and oxygen atoms in total. The van der Waals surface area contributed by atoms with Gasteiger partial charge >= 0.3 is 0 Å². The maximum atomic E-state index is 6.15. The minimum Gasteiger partial charge on any atom is -0.370 e. The molecule has 98 valence electrons.